The Hall–Kier alpha value is -2.25. The Morgan fingerprint density at radius 3 is 2.92 bits per heavy atom. The number of anilines is 1. The zero-order valence-corrected chi connectivity index (χ0v) is 14.7. The third kappa shape index (κ3) is 4.39. The molecule has 7 heteroatoms. The monoisotopic (exact) mass is 406 g/mol. The lowest BCUT2D eigenvalue weighted by Gasteiger charge is -2.04. The van der Waals surface area contributed by atoms with E-state index in [9.17, 15) is 9.18 Å². The highest BCUT2D eigenvalue weighted by Gasteiger charge is 2.10. The Balaban J connectivity index is 1.60. The number of nitrogens with one attached hydrogen (secondary N) is 1. The van der Waals surface area contributed by atoms with Crippen LogP contribution in [0, 0.1) is 5.82 Å². The van der Waals surface area contributed by atoms with Crippen LogP contribution in [0.15, 0.2) is 58.5 Å². The second-order valence-electron chi connectivity index (χ2n) is 4.88. The maximum atomic E-state index is 13.1. The number of nitrogens with zero attached hydrogens (tertiary/aromatic N) is 1. The van der Waals surface area contributed by atoms with Gasteiger partial charge in [-0.05, 0) is 51.6 Å². The molecule has 0 unspecified atom stereocenters. The molecule has 4 nitrogen and oxygen atoms in total. The average molecular weight is 407 g/mol. The third-order valence-electron chi connectivity index (χ3n) is 3.05. The number of aromatic nitrogens is 1. The van der Waals surface area contributed by atoms with Crippen molar-refractivity contribution in [3.05, 3.63) is 74.8 Å². The molecular formula is C17H12BrFN2O2S. The van der Waals surface area contributed by atoms with E-state index in [-0.39, 0.29) is 18.3 Å². The molecule has 0 saturated heterocycles. The summed E-state index contributed by atoms with van der Waals surface area (Å²) in [6, 6.07) is 11.2. The first-order valence-corrected chi connectivity index (χ1v) is 8.66. The van der Waals surface area contributed by atoms with Gasteiger partial charge in [0, 0.05) is 22.3 Å². The SMILES string of the molecule is O=C(Nc1ccc(Br)cn1)c1cc(COc2cccc(F)c2)cs1. The number of pyridine rings is 1. The molecule has 2 aromatic heterocycles. The van der Waals surface area contributed by atoms with Gasteiger partial charge in [0.15, 0.2) is 0 Å². The summed E-state index contributed by atoms with van der Waals surface area (Å²) in [6.45, 7) is 0.268. The van der Waals surface area contributed by atoms with Gasteiger partial charge in [0.1, 0.15) is 24.0 Å². The summed E-state index contributed by atoms with van der Waals surface area (Å²) in [6.07, 6.45) is 1.61. The molecule has 0 spiro atoms. The van der Waals surface area contributed by atoms with Crippen LogP contribution in [0.1, 0.15) is 15.2 Å². The van der Waals surface area contributed by atoms with Gasteiger partial charge in [-0.3, -0.25) is 4.79 Å². The molecule has 0 radical (unpaired) electrons. The normalized spacial score (nSPS) is 10.4. The minimum absolute atomic E-state index is 0.230. The molecule has 3 rings (SSSR count). The molecule has 122 valence electrons. The van der Waals surface area contributed by atoms with E-state index >= 15 is 0 Å². The summed E-state index contributed by atoms with van der Waals surface area (Å²) < 4.78 is 19.5. The van der Waals surface area contributed by atoms with Gasteiger partial charge in [0.05, 0.1) is 4.88 Å². The maximum absolute atomic E-state index is 13.1. The molecule has 0 aliphatic heterocycles. The number of carbonyl (C=O) groups excluding carboxylic acids is 1. The largest absolute Gasteiger partial charge is 0.489 e. The van der Waals surface area contributed by atoms with Gasteiger partial charge in [-0.1, -0.05) is 6.07 Å². The third-order valence-corrected chi connectivity index (χ3v) is 4.49. The van der Waals surface area contributed by atoms with E-state index in [4.69, 9.17) is 4.74 Å². The smallest absolute Gasteiger partial charge is 0.266 e. The molecule has 2 heterocycles. The minimum Gasteiger partial charge on any atom is -0.489 e. The van der Waals surface area contributed by atoms with Gasteiger partial charge in [-0.2, -0.15) is 0 Å². The van der Waals surface area contributed by atoms with Crippen molar-refractivity contribution in [1.82, 2.24) is 4.98 Å². The van der Waals surface area contributed by atoms with E-state index in [2.05, 4.69) is 26.2 Å². The van der Waals surface area contributed by atoms with E-state index in [0.717, 1.165) is 10.0 Å². The molecule has 3 aromatic rings. The van der Waals surface area contributed by atoms with Crippen LogP contribution in [-0.2, 0) is 6.61 Å². The highest BCUT2D eigenvalue weighted by molar-refractivity contribution is 9.10. The molecule has 0 fully saturated rings. The van der Waals surface area contributed by atoms with Crippen LogP contribution in [0.25, 0.3) is 0 Å². The number of amides is 1. The highest BCUT2D eigenvalue weighted by atomic mass is 79.9. The van der Waals surface area contributed by atoms with Gasteiger partial charge in [-0.25, -0.2) is 9.37 Å². The summed E-state index contributed by atoms with van der Waals surface area (Å²) in [4.78, 5) is 16.8. The summed E-state index contributed by atoms with van der Waals surface area (Å²) in [5.41, 5.74) is 0.846. The predicted octanol–water partition coefficient (Wildman–Crippen LogP) is 4.88. The number of rotatable bonds is 5. The highest BCUT2D eigenvalue weighted by Crippen LogP contribution is 2.20. The Morgan fingerprint density at radius 1 is 1.29 bits per heavy atom. The van der Waals surface area contributed by atoms with Crippen LogP contribution in [0.4, 0.5) is 10.2 Å². The summed E-state index contributed by atoms with van der Waals surface area (Å²) in [5, 5.41) is 4.57. The van der Waals surface area contributed by atoms with Crippen molar-refractivity contribution in [2.24, 2.45) is 0 Å². The number of benzene rings is 1. The van der Waals surface area contributed by atoms with Crippen molar-refractivity contribution in [2.75, 3.05) is 5.32 Å². The second kappa shape index (κ2) is 7.55. The molecule has 24 heavy (non-hydrogen) atoms. The van der Waals surface area contributed by atoms with Crippen molar-refractivity contribution in [3.8, 4) is 5.75 Å². The number of halogens is 2. The lowest BCUT2D eigenvalue weighted by Crippen LogP contribution is -2.11. The number of hydrogen-bond donors (Lipinski definition) is 1. The summed E-state index contributed by atoms with van der Waals surface area (Å²) in [7, 11) is 0. The van der Waals surface area contributed by atoms with Crippen LogP contribution < -0.4 is 10.1 Å². The van der Waals surface area contributed by atoms with Crippen LogP contribution in [0.3, 0.4) is 0 Å². The van der Waals surface area contributed by atoms with Crippen molar-refractivity contribution in [1.29, 1.82) is 0 Å². The number of thiophene rings is 1. The number of carbonyl (C=O) groups is 1. The Bertz CT molecular complexity index is 852. The number of hydrogen-bond acceptors (Lipinski definition) is 4. The summed E-state index contributed by atoms with van der Waals surface area (Å²) >= 11 is 4.61. The first kappa shape index (κ1) is 16.6. The lowest BCUT2D eigenvalue weighted by molar-refractivity contribution is 0.103. The Kier molecular flexibility index (Phi) is 5.22. The van der Waals surface area contributed by atoms with Crippen molar-refractivity contribution in [3.63, 3.8) is 0 Å². The van der Waals surface area contributed by atoms with Crippen molar-refractivity contribution in [2.45, 2.75) is 6.61 Å². The zero-order chi connectivity index (χ0) is 16.9. The molecule has 0 saturated carbocycles. The molecule has 0 aliphatic rings. The van der Waals surface area contributed by atoms with Crippen molar-refractivity contribution < 1.29 is 13.9 Å². The quantitative estimate of drug-likeness (QED) is 0.656. The van der Waals surface area contributed by atoms with Gasteiger partial charge < -0.3 is 10.1 Å². The fourth-order valence-corrected chi connectivity index (χ4v) is 2.95. The van der Waals surface area contributed by atoms with Gasteiger partial charge in [0.25, 0.3) is 5.91 Å². The fraction of sp³-hybridized carbons (Fsp3) is 0.0588. The van der Waals surface area contributed by atoms with E-state index < -0.39 is 0 Å². The molecular weight excluding hydrogens is 395 g/mol. The topological polar surface area (TPSA) is 51.2 Å². The Morgan fingerprint density at radius 2 is 2.17 bits per heavy atom. The van der Waals surface area contributed by atoms with E-state index in [0.29, 0.717) is 16.4 Å². The van der Waals surface area contributed by atoms with Crippen LogP contribution in [0.2, 0.25) is 0 Å². The first-order valence-electron chi connectivity index (χ1n) is 6.99. The molecule has 0 bridgehead atoms. The predicted molar refractivity (Wildman–Crippen MR) is 94.9 cm³/mol. The van der Waals surface area contributed by atoms with Gasteiger partial charge >= 0.3 is 0 Å². The molecule has 0 aliphatic carbocycles. The van der Waals surface area contributed by atoms with E-state index in [1.165, 1.54) is 23.5 Å². The van der Waals surface area contributed by atoms with Gasteiger partial charge in [-0.15, -0.1) is 11.3 Å². The maximum Gasteiger partial charge on any atom is 0.266 e. The molecule has 0 atom stereocenters. The minimum atomic E-state index is -0.347. The zero-order valence-electron chi connectivity index (χ0n) is 12.3. The fourth-order valence-electron chi connectivity index (χ4n) is 1.92. The molecule has 1 aromatic carbocycles. The standard InChI is InChI=1S/C17H12BrFN2O2S/c18-12-4-5-16(20-8-12)21-17(22)15-6-11(10-24-15)9-23-14-3-1-2-13(19)7-14/h1-8,10H,9H2,(H,20,21,22). The van der Waals surface area contributed by atoms with Gasteiger partial charge in [0.2, 0.25) is 0 Å². The average Bonchev–Trinajstić information content (AvgIpc) is 3.04. The molecule has 1 amide bonds. The van der Waals surface area contributed by atoms with E-state index in [1.54, 1.807) is 36.5 Å². The van der Waals surface area contributed by atoms with E-state index in [1.807, 2.05) is 5.38 Å². The van der Waals surface area contributed by atoms with Crippen LogP contribution in [-0.4, -0.2) is 10.9 Å². The number of ether oxygens (including phenoxy) is 1. The first-order chi connectivity index (χ1) is 11.6. The van der Waals surface area contributed by atoms with Crippen molar-refractivity contribution >= 4 is 39.0 Å². The van der Waals surface area contributed by atoms with Crippen LogP contribution >= 0.6 is 27.3 Å². The molecule has 1 N–H and O–H groups in total. The second-order valence-corrected chi connectivity index (χ2v) is 6.71. The summed E-state index contributed by atoms with van der Waals surface area (Å²) in [5.74, 6) is 0.354. The Labute approximate surface area is 150 Å². The van der Waals surface area contributed by atoms with Crippen LogP contribution in [0.5, 0.6) is 5.75 Å². The lowest BCUT2D eigenvalue weighted by atomic mass is 10.3.